The minimum Gasteiger partial charge on any atom is -0.216 e. The molecule has 0 aromatic heterocycles. The quantitative estimate of drug-likeness (QED) is 0.581. The summed E-state index contributed by atoms with van der Waals surface area (Å²) in [6.07, 6.45) is 12.2. The molecule has 2 rings (SSSR count). The molecular weight excluding hydrogens is 247 g/mol. The lowest BCUT2D eigenvalue weighted by Gasteiger charge is -2.28. The summed E-state index contributed by atoms with van der Waals surface area (Å²) in [4.78, 5) is 0. The molecule has 1 saturated carbocycles. The largest absolute Gasteiger partial charge is 0.216 e. The van der Waals surface area contributed by atoms with Gasteiger partial charge in [-0.25, -0.2) is 4.39 Å². The van der Waals surface area contributed by atoms with Gasteiger partial charge in [-0.1, -0.05) is 50.1 Å². The van der Waals surface area contributed by atoms with Gasteiger partial charge >= 0.3 is 0 Å². The molecule has 0 saturated heterocycles. The molecule has 0 nitrogen and oxygen atoms in total. The minimum absolute atomic E-state index is 0.642. The maximum atomic E-state index is 11.9. The van der Waals surface area contributed by atoms with E-state index < -0.39 is 0 Å². The summed E-state index contributed by atoms with van der Waals surface area (Å²) in [7, 11) is 0. The van der Waals surface area contributed by atoms with Crippen LogP contribution in [0.25, 0.3) is 0 Å². The molecule has 110 valence electrons. The molecule has 0 radical (unpaired) electrons. The van der Waals surface area contributed by atoms with Gasteiger partial charge in [0.05, 0.1) is 6.33 Å². The summed E-state index contributed by atoms with van der Waals surface area (Å²) in [5.74, 6) is 1.74. The van der Waals surface area contributed by atoms with E-state index in [0.29, 0.717) is 6.33 Å². The normalized spacial score (nSPS) is 23.3. The van der Waals surface area contributed by atoms with Gasteiger partial charge < -0.3 is 0 Å². The highest BCUT2D eigenvalue weighted by Gasteiger charge is 2.21. The van der Waals surface area contributed by atoms with Crippen molar-refractivity contribution >= 4 is 0 Å². The second-order valence-corrected chi connectivity index (χ2v) is 6.15. The van der Waals surface area contributed by atoms with Crippen LogP contribution in [-0.2, 0) is 6.42 Å². The van der Waals surface area contributed by atoms with Crippen LogP contribution >= 0.6 is 0 Å². The summed E-state index contributed by atoms with van der Waals surface area (Å²) in [5, 5.41) is 0. The Labute approximate surface area is 123 Å². The van der Waals surface area contributed by atoms with E-state index in [1.165, 1.54) is 49.7 Å². The molecule has 0 atom stereocenters. The topological polar surface area (TPSA) is 0 Å². The second-order valence-electron chi connectivity index (χ2n) is 6.15. The number of allylic oxidation sites excluding steroid dienone is 1. The first kappa shape index (κ1) is 15.3. The van der Waals surface area contributed by atoms with Crippen LogP contribution in [0.4, 0.5) is 4.39 Å². The van der Waals surface area contributed by atoms with E-state index in [1.807, 2.05) is 0 Å². The van der Waals surface area contributed by atoms with E-state index in [-0.39, 0.29) is 0 Å². The number of hydrogen-bond acceptors (Lipinski definition) is 0. The van der Waals surface area contributed by atoms with Crippen molar-refractivity contribution in [1.29, 1.82) is 0 Å². The molecule has 1 aliphatic rings. The van der Waals surface area contributed by atoms with Gasteiger partial charge in [0.15, 0.2) is 0 Å². The highest BCUT2D eigenvalue weighted by Crippen LogP contribution is 2.37. The molecule has 1 aromatic rings. The van der Waals surface area contributed by atoms with Crippen molar-refractivity contribution < 1.29 is 4.39 Å². The maximum absolute atomic E-state index is 11.9. The third kappa shape index (κ3) is 4.47. The molecule has 0 N–H and O–H groups in total. The summed E-state index contributed by atoms with van der Waals surface area (Å²) < 4.78 is 11.9. The summed E-state index contributed by atoms with van der Waals surface area (Å²) in [5.41, 5.74) is 2.82. The molecular formula is C19H27F. The smallest absolute Gasteiger partial charge is 0.0827 e. The minimum atomic E-state index is 0.642. The van der Waals surface area contributed by atoms with E-state index in [4.69, 9.17) is 0 Å². The Morgan fingerprint density at radius 2 is 1.80 bits per heavy atom. The number of aryl methyl sites for hydroxylation is 1. The lowest BCUT2D eigenvalue weighted by atomic mass is 9.77. The van der Waals surface area contributed by atoms with Crippen molar-refractivity contribution in [2.45, 2.75) is 64.2 Å². The molecule has 0 spiro atoms. The number of hydrogen-bond donors (Lipinski definition) is 0. The van der Waals surface area contributed by atoms with Crippen LogP contribution in [0.2, 0.25) is 0 Å². The third-order valence-electron chi connectivity index (χ3n) is 4.68. The molecule has 0 amide bonds. The van der Waals surface area contributed by atoms with Gasteiger partial charge in [0.2, 0.25) is 0 Å². The summed E-state index contributed by atoms with van der Waals surface area (Å²) in [6.45, 7) is 2.29. The highest BCUT2D eigenvalue weighted by molar-refractivity contribution is 5.26. The highest BCUT2D eigenvalue weighted by atomic mass is 19.1. The maximum Gasteiger partial charge on any atom is 0.0827 e. The molecule has 1 fully saturated rings. The second kappa shape index (κ2) is 8.24. The van der Waals surface area contributed by atoms with E-state index in [1.54, 1.807) is 6.08 Å². The zero-order valence-electron chi connectivity index (χ0n) is 12.7. The van der Waals surface area contributed by atoms with Crippen LogP contribution in [-0.4, -0.2) is 0 Å². The van der Waals surface area contributed by atoms with Gasteiger partial charge in [-0.2, -0.15) is 0 Å². The Morgan fingerprint density at radius 3 is 2.40 bits per heavy atom. The standard InChI is InChI=1S/C19H27F/c1-2-5-16-7-11-18(12-8-16)19-13-9-17(10-14-19)6-3-4-15-20/h4,9-10,13-16,18H,2-3,5-8,11-12H2,1H3. The molecule has 0 bridgehead atoms. The predicted octanol–water partition coefficient (Wildman–Crippen LogP) is 6.18. The van der Waals surface area contributed by atoms with Crippen LogP contribution in [0.3, 0.4) is 0 Å². The zero-order chi connectivity index (χ0) is 14.2. The van der Waals surface area contributed by atoms with E-state index in [9.17, 15) is 4.39 Å². The molecule has 1 aromatic carbocycles. The van der Waals surface area contributed by atoms with Crippen LogP contribution in [0.15, 0.2) is 36.7 Å². The van der Waals surface area contributed by atoms with Crippen LogP contribution < -0.4 is 0 Å². The Kier molecular flexibility index (Phi) is 6.29. The third-order valence-corrected chi connectivity index (χ3v) is 4.68. The van der Waals surface area contributed by atoms with Crippen LogP contribution in [0, 0.1) is 5.92 Å². The lowest BCUT2D eigenvalue weighted by molar-refractivity contribution is 0.308. The summed E-state index contributed by atoms with van der Waals surface area (Å²) in [6, 6.07) is 9.03. The van der Waals surface area contributed by atoms with E-state index in [0.717, 1.165) is 24.7 Å². The lowest BCUT2D eigenvalue weighted by Crippen LogP contribution is -2.13. The van der Waals surface area contributed by atoms with Crippen molar-refractivity contribution in [2.75, 3.05) is 0 Å². The SMILES string of the molecule is CCCC1CCC(c2ccc(CCC=CF)cc2)CC1. The Bertz CT molecular complexity index is 396. The van der Waals surface area contributed by atoms with Gasteiger partial charge in [0.1, 0.15) is 0 Å². The first-order chi connectivity index (χ1) is 9.83. The van der Waals surface area contributed by atoms with Crippen molar-refractivity contribution in [3.05, 3.63) is 47.8 Å². The first-order valence-electron chi connectivity index (χ1n) is 8.17. The number of rotatable bonds is 6. The van der Waals surface area contributed by atoms with Gasteiger partial charge in [0, 0.05) is 0 Å². The van der Waals surface area contributed by atoms with Crippen molar-refractivity contribution in [1.82, 2.24) is 0 Å². The monoisotopic (exact) mass is 274 g/mol. The number of benzene rings is 1. The van der Waals surface area contributed by atoms with Gasteiger partial charge in [-0.3, -0.25) is 0 Å². The molecule has 0 aliphatic heterocycles. The fourth-order valence-electron chi connectivity index (χ4n) is 3.46. The molecule has 20 heavy (non-hydrogen) atoms. The van der Waals surface area contributed by atoms with Gasteiger partial charge in [0.25, 0.3) is 0 Å². The first-order valence-corrected chi connectivity index (χ1v) is 8.17. The fourth-order valence-corrected chi connectivity index (χ4v) is 3.46. The zero-order valence-corrected chi connectivity index (χ0v) is 12.7. The van der Waals surface area contributed by atoms with Crippen molar-refractivity contribution in [3.8, 4) is 0 Å². The fraction of sp³-hybridized carbons (Fsp3) is 0.579. The van der Waals surface area contributed by atoms with E-state index in [2.05, 4.69) is 31.2 Å². The Balaban J connectivity index is 1.84. The predicted molar refractivity (Wildman–Crippen MR) is 84.6 cm³/mol. The van der Waals surface area contributed by atoms with Gasteiger partial charge in [-0.15, -0.1) is 0 Å². The summed E-state index contributed by atoms with van der Waals surface area (Å²) >= 11 is 0. The Hall–Kier alpha value is -1.11. The van der Waals surface area contributed by atoms with E-state index >= 15 is 0 Å². The average molecular weight is 274 g/mol. The number of halogens is 1. The molecule has 0 heterocycles. The average Bonchev–Trinajstić information content (AvgIpc) is 2.49. The Morgan fingerprint density at radius 1 is 1.10 bits per heavy atom. The van der Waals surface area contributed by atoms with Gasteiger partial charge in [-0.05, 0) is 61.5 Å². The van der Waals surface area contributed by atoms with Crippen molar-refractivity contribution in [3.63, 3.8) is 0 Å². The molecule has 0 unspecified atom stereocenters. The molecule has 1 aliphatic carbocycles. The van der Waals surface area contributed by atoms with Crippen molar-refractivity contribution in [2.24, 2.45) is 5.92 Å². The van der Waals surface area contributed by atoms with Crippen LogP contribution in [0.1, 0.15) is 68.9 Å². The van der Waals surface area contributed by atoms with Crippen LogP contribution in [0.5, 0.6) is 0 Å². The molecule has 1 heteroatoms.